The number of ether oxygens (including phenoxy) is 1. The number of carbonyl (C=O) groups is 1. The summed E-state index contributed by atoms with van der Waals surface area (Å²) < 4.78 is 33.6. The summed E-state index contributed by atoms with van der Waals surface area (Å²) in [5, 5.41) is 0. The van der Waals surface area contributed by atoms with Crippen molar-refractivity contribution in [3.63, 3.8) is 0 Å². The molecule has 1 saturated heterocycles. The highest BCUT2D eigenvalue weighted by Crippen LogP contribution is 2.27. The number of hydrogen-bond donors (Lipinski definition) is 0. The molecule has 7 heteroatoms. The topological polar surface area (TPSA) is 66.9 Å². The second-order valence-corrected chi connectivity index (χ2v) is 10.6. The number of nitrogens with zero attached hydrogens (tertiary/aromatic N) is 2. The summed E-state index contributed by atoms with van der Waals surface area (Å²) in [6, 6.07) is 14.1. The van der Waals surface area contributed by atoms with Gasteiger partial charge in [0.05, 0.1) is 11.4 Å². The Kier molecular flexibility index (Phi) is 7.38. The summed E-state index contributed by atoms with van der Waals surface area (Å²) in [5.41, 5.74) is 1.47. The fraction of sp³-hybridized carbons (Fsp3) is 0.458. The van der Waals surface area contributed by atoms with E-state index in [4.69, 9.17) is 4.74 Å². The van der Waals surface area contributed by atoms with Gasteiger partial charge < -0.3 is 9.64 Å². The lowest BCUT2D eigenvalue weighted by molar-refractivity contribution is 0.0773. The summed E-state index contributed by atoms with van der Waals surface area (Å²) in [4.78, 5) is 14.6. The van der Waals surface area contributed by atoms with E-state index < -0.39 is 10.0 Å². The van der Waals surface area contributed by atoms with Crippen molar-refractivity contribution in [2.24, 2.45) is 11.8 Å². The Morgan fingerprint density at radius 2 is 1.77 bits per heavy atom. The van der Waals surface area contributed by atoms with Crippen LogP contribution in [0.2, 0.25) is 0 Å². The molecule has 1 amide bonds. The first kappa shape index (κ1) is 23.3. The number of carbonyl (C=O) groups excluding carboxylic acids is 1. The van der Waals surface area contributed by atoms with E-state index in [0.717, 1.165) is 17.7 Å². The number of sulfonamides is 1. The molecule has 0 bridgehead atoms. The van der Waals surface area contributed by atoms with Gasteiger partial charge in [-0.25, -0.2) is 8.42 Å². The molecule has 2 unspecified atom stereocenters. The highest BCUT2D eigenvalue weighted by Gasteiger charge is 2.32. The van der Waals surface area contributed by atoms with Crippen LogP contribution in [-0.2, 0) is 10.0 Å². The molecule has 0 aliphatic carbocycles. The molecule has 1 aliphatic rings. The van der Waals surface area contributed by atoms with Crippen LogP contribution in [0.15, 0.2) is 53.4 Å². The molecule has 0 saturated carbocycles. The van der Waals surface area contributed by atoms with E-state index in [1.807, 2.05) is 31.2 Å². The molecule has 0 N–H and O–H groups in total. The molecule has 0 aromatic heterocycles. The lowest BCUT2D eigenvalue weighted by Crippen LogP contribution is -2.42. The molecule has 31 heavy (non-hydrogen) atoms. The number of hydrogen-bond acceptors (Lipinski definition) is 4. The summed E-state index contributed by atoms with van der Waals surface area (Å²) in [6.45, 7) is 7.92. The van der Waals surface area contributed by atoms with E-state index in [2.05, 4.69) is 13.8 Å². The second-order valence-electron chi connectivity index (χ2n) is 8.69. The average molecular weight is 445 g/mol. The zero-order chi connectivity index (χ0) is 22.6. The quantitative estimate of drug-likeness (QED) is 0.651. The maximum absolute atomic E-state index is 13.2. The van der Waals surface area contributed by atoms with Gasteiger partial charge in [0, 0.05) is 25.7 Å². The van der Waals surface area contributed by atoms with Crippen molar-refractivity contribution in [1.82, 2.24) is 9.21 Å². The predicted octanol–water partition coefficient (Wildman–Crippen LogP) is 3.81. The van der Waals surface area contributed by atoms with Crippen molar-refractivity contribution in [2.75, 3.05) is 33.3 Å². The van der Waals surface area contributed by atoms with Gasteiger partial charge in [0.15, 0.2) is 0 Å². The SMILES string of the molecule is Cc1cccc(OCCN(C)C(=O)c2cccc(S(=O)(=O)N3CC(C)CC(C)C3)c2)c1. The average Bonchev–Trinajstić information content (AvgIpc) is 2.72. The van der Waals surface area contributed by atoms with E-state index in [9.17, 15) is 13.2 Å². The van der Waals surface area contributed by atoms with Crippen molar-refractivity contribution < 1.29 is 17.9 Å². The van der Waals surface area contributed by atoms with Crippen LogP contribution in [0.1, 0.15) is 36.2 Å². The third-order valence-corrected chi connectivity index (χ3v) is 7.41. The highest BCUT2D eigenvalue weighted by molar-refractivity contribution is 7.89. The zero-order valence-electron chi connectivity index (χ0n) is 18.7. The van der Waals surface area contributed by atoms with Crippen LogP contribution >= 0.6 is 0 Å². The van der Waals surface area contributed by atoms with Crippen molar-refractivity contribution >= 4 is 15.9 Å². The number of rotatable bonds is 7. The molecule has 0 radical (unpaired) electrons. The molecular formula is C24H32N2O4S. The van der Waals surface area contributed by atoms with Crippen LogP contribution in [0.5, 0.6) is 5.75 Å². The van der Waals surface area contributed by atoms with Gasteiger partial charge >= 0.3 is 0 Å². The fourth-order valence-corrected chi connectivity index (χ4v) is 5.79. The van der Waals surface area contributed by atoms with Crippen molar-refractivity contribution in [3.8, 4) is 5.75 Å². The van der Waals surface area contributed by atoms with Gasteiger partial charge in [0.1, 0.15) is 12.4 Å². The van der Waals surface area contributed by atoms with Crippen LogP contribution in [0, 0.1) is 18.8 Å². The van der Waals surface area contributed by atoms with Crippen molar-refractivity contribution in [2.45, 2.75) is 32.1 Å². The van der Waals surface area contributed by atoms with E-state index in [1.165, 1.54) is 6.07 Å². The Morgan fingerprint density at radius 1 is 1.10 bits per heavy atom. The number of amides is 1. The summed E-state index contributed by atoms with van der Waals surface area (Å²) in [5.74, 6) is 1.18. The van der Waals surface area contributed by atoms with Crippen LogP contribution in [0.3, 0.4) is 0 Å². The normalized spacial score (nSPS) is 19.7. The van der Waals surface area contributed by atoms with E-state index in [0.29, 0.717) is 43.6 Å². The summed E-state index contributed by atoms with van der Waals surface area (Å²) in [6.07, 6.45) is 1.03. The molecule has 0 spiro atoms. The predicted molar refractivity (Wildman–Crippen MR) is 122 cm³/mol. The molecule has 3 rings (SSSR count). The number of aryl methyl sites for hydroxylation is 1. The fourth-order valence-electron chi connectivity index (χ4n) is 4.07. The monoisotopic (exact) mass is 444 g/mol. The van der Waals surface area contributed by atoms with E-state index >= 15 is 0 Å². The molecular weight excluding hydrogens is 412 g/mol. The smallest absolute Gasteiger partial charge is 0.253 e. The first-order chi connectivity index (χ1) is 14.7. The maximum atomic E-state index is 13.2. The molecule has 2 atom stereocenters. The largest absolute Gasteiger partial charge is 0.492 e. The van der Waals surface area contributed by atoms with Crippen LogP contribution in [0.4, 0.5) is 0 Å². The lowest BCUT2D eigenvalue weighted by Gasteiger charge is -2.34. The lowest BCUT2D eigenvalue weighted by atomic mass is 9.94. The molecule has 6 nitrogen and oxygen atoms in total. The Balaban J connectivity index is 1.66. The highest BCUT2D eigenvalue weighted by atomic mass is 32.2. The number of piperidine rings is 1. The first-order valence-electron chi connectivity index (χ1n) is 10.7. The Labute approximate surface area is 185 Å². The number of benzene rings is 2. The third-order valence-electron chi connectivity index (χ3n) is 5.59. The summed E-state index contributed by atoms with van der Waals surface area (Å²) in [7, 11) is -1.94. The van der Waals surface area contributed by atoms with Crippen molar-refractivity contribution in [1.29, 1.82) is 0 Å². The molecule has 2 aromatic rings. The van der Waals surface area contributed by atoms with E-state index in [1.54, 1.807) is 34.5 Å². The Bertz CT molecular complexity index is 1010. The maximum Gasteiger partial charge on any atom is 0.253 e. The molecule has 1 fully saturated rings. The molecule has 1 heterocycles. The molecule has 168 valence electrons. The zero-order valence-corrected chi connectivity index (χ0v) is 19.6. The van der Waals surface area contributed by atoms with Gasteiger partial charge in [-0.15, -0.1) is 0 Å². The van der Waals surface area contributed by atoms with Gasteiger partial charge in [-0.3, -0.25) is 4.79 Å². The molecule has 1 aliphatic heterocycles. The molecule has 2 aromatic carbocycles. The van der Waals surface area contributed by atoms with Gasteiger partial charge in [-0.05, 0) is 61.1 Å². The third kappa shape index (κ3) is 5.86. The van der Waals surface area contributed by atoms with Gasteiger partial charge in [-0.2, -0.15) is 4.31 Å². The Hall–Kier alpha value is -2.38. The van der Waals surface area contributed by atoms with Crippen LogP contribution < -0.4 is 4.74 Å². The van der Waals surface area contributed by atoms with E-state index in [-0.39, 0.29) is 10.8 Å². The minimum absolute atomic E-state index is 0.170. The number of likely N-dealkylation sites (N-methyl/N-ethyl adjacent to an activating group) is 1. The van der Waals surface area contributed by atoms with Gasteiger partial charge in [0.25, 0.3) is 5.91 Å². The summed E-state index contributed by atoms with van der Waals surface area (Å²) >= 11 is 0. The van der Waals surface area contributed by atoms with Crippen LogP contribution in [0.25, 0.3) is 0 Å². The minimum Gasteiger partial charge on any atom is -0.492 e. The second kappa shape index (κ2) is 9.83. The standard InChI is InChI=1S/C24H32N2O4S/c1-18-7-5-9-22(14-18)30-12-11-25(4)24(27)21-8-6-10-23(15-21)31(28,29)26-16-19(2)13-20(3)17-26/h5-10,14-15,19-20H,11-13,16-17H2,1-4H3. The first-order valence-corrected chi connectivity index (χ1v) is 12.2. The minimum atomic E-state index is -3.63. The van der Waals surface area contributed by atoms with Crippen molar-refractivity contribution in [3.05, 3.63) is 59.7 Å². The van der Waals surface area contributed by atoms with Crippen LogP contribution in [-0.4, -0.2) is 56.8 Å². The van der Waals surface area contributed by atoms with Gasteiger partial charge in [0.2, 0.25) is 10.0 Å². The van der Waals surface area contributed by atoms with Gasteiger partial charge in [-0.1, -0.05) is 32.0 Å². The Morgan fingerprint density at radius 3 is 2.45 bits per heavy atom.